The van der Waals surface area contributed by atoms with Gasteiger partial charge in [-0.25, -0.2) is 0 Å². The average Bonchev–Trinajstić information content (AvgIpc) is 2.91. The number of nitrogens with zero attached hydrogens (tertiary/aromatic N) is 1. The average molecular weight is 509 g/mol. The van der Waals surface area contributed by atoms with Crippen molar-refractivity contribution in [2.45, 2.75) is 38.8 Å². The lowest BCUT2D eigenvalue weighted by Gasteiger charge is -2.31. The topological polar surface area (TPSA) is 67.9 Å². The molecule has 3 rings (SSSR count). The highest BCUT2D eigenvalue weighted by Gasteiger charge is 2.30. The van der Waals surface area contributed by atoms with Crippen molar-refractivity contribution in [1.29, 1.82) is 0 Å². The minimum atomic E-state index is -0.711. The second-order valence-electron chi connectivity index (χ2n) is 8.47. The van der Waals surface area contributed by atoms with E-state index < -0.39 is 6.04 Å². The monoisotopic (exact) mass is 508 g/mol. The van der Waals surface area contributed by atoms with Crippen LogP contribution < -0.4 is 14.8 Å². The molecule has 36 heavy (non-hydrogen) atoms. The van der Waals surface area contributed by atoms with Crippen LogP contribution in [0.4, 0.5) is 0 Å². The van der Waals surface area contributed by atoms with Crippen LogP contribution in [0.5, 0.6) is 11.5 Å². The van der Waals surface area contributed by atoms with Crippen molar-refractivity contribution < 1.29 is 19.1 Å². The van der Waals surface area contributed by atoms with Crippen molar-refractivity contribution in [3.05, 3.63) is 95.0 Å². The second kappa shape index (κ2) is 14.1. The van der Waals surface area contributed by atoms with Crippen LogP contribution in [0.25, 0.3) is 0 Å². The zero-order valence-corrected chi connectivity index (χ0v) is 21.5. The first-order chi connectivity index (χ1) is 17.5. The number of carbonyl (C=O) groups excluding carboxylic acids is 2. The van der Waals surface area contributed by atoms with Crippen LogP contribution in [0, 0.1) is 0 Å². The van der Waals surface area contributed by atoms with E-state index in [0.29, 0.717) is 29.5 Å². The van der Waals surface area contributed by atoms with Crippen LogP contribution in [-0.4, -0.2) is 43.0 Å². The molecular formula is C29H33ClN2O4. The summed E-state index contributed by atoms with van der Waals surface area (Å²) in [5.41, 5.74) is 1.82. The quantitative estimate of drug-likeness (QED) is 0.319. The molecule has 0 aliphatic rings. The Morgan fingerprint density at radius 2 is 1.67 bits per heavy atom. The summed E-state index contributed by atoms with van der Waals surface area (Å²) in [7, 11) is 1.60. The molecule has 7 heteroatoms. The van der Waals surface area contributed by atoms with Crippen molar-refractivity contribution in [3.63, 3.8) is 0 Å². The molecule has 0 saturated carbocycles. The van der Waals surface area contributed by atoms with Crippen LogP contribution >= 0.6 is 11.6 Å². The molecule has 6 nitrogen and oxygen atoms in total. The highest BCUT2D eigenvalue weighted by molar-refractivity contribution is 6.30. The fourth-order valence-electron chi connectivity index (χ4n) is 3.79. The Kier molecular flexibility index (Phi) is 10.6. The molecule has 0 aromatic heterocycles. The number of amides is 2. The third-order valence-corrected chi connectivity index (χ3v) is 6.02. The normalized spacial score (nSPS) is 11.4. The molecule has 1 N–H and O–H groups in total. The van der Waals surface area contributed by atoms with Gasteiger partial charge in [-0.1, -0.05) is 67.4 Å². The minimum Gasteiger partial charge on any atom is -0.497 e. The minimum absolute atomic E-state index is 0.185. The van der Waals surface area contributed by atoms with E-state index in [1.54, 1.807) is 36.3 Å². The molecule has 0 heterocycles. The van der Waals surface area contributed by atoms with Gasteiger partial charge in [0.05, 0.1) is 7.11 Å². The molecule has 0 fully saturated rings. The number of methoxy groups -OCH3 is 1. The Balaban J connectivity index is 1.89. The number of carbonyl (C=O) groups is 2. The highest BCUT2D eigenvalue weighted by Crippen LogP contribution is 2.20. The fraction of sp³-hybridized carbons (Fsp3) is 0.310. The number of nitrogens with one attached hydrogen (secondary N) is 1. The van der Waals surface area contributed by atoms with Gasteiger partial charge in [0, 0.05) is 24.5 Å². The maximum Gasteiger partial charge on any atom is 0.261 e. The maximum atomic E-state index is 13.6. The van der Waals surface area contributed by atoms with Gasteiger partial charge in [-0.05, 0) is 53.9 Å². The van der Waals surface area contributed by atoms with Gasteiger partial charge in [0.1, 0.15) is 17.5 Å². The zero-order valence-electron chi connectivity index (χ0n) is 20.8. The molecular weight excluding hydrogens is 476 g/mol. The first kappa shape index (κ1) is 27.1. The van der Waals surface area contributed by atoms with Crippen molar-refractivity contribution in [2.24, 2.45) is 0 Å². The van der Waals surface area contributed by atoms with Gasteiger partial charge < -0.3 is 19.7 Å². The largest absolute Gasteiger partial charge is 0.497 e. The number of unbranched alkanes of at least 4 members (excludes halogenated alkanes) is 1. The molecule has 190 valence electrons. The van der Waals surface area contributed by atoms with Gasteiger partial charge in [0.25, 0.3) is 5.91 Å². The molecule has 0 radical (unpaired) electrons. The van der Waals surface area contributed by atoms with E-state index in [0.717, 1.165) is 24.0 Å². The highest BCUT2D eigenvalue weighted by atomic mass is 35.5. The van der Waals surface area contributed by atoms with E-state index in [-0.39, 0.29) is 25.0 Å². The Morgan fingerprint density at radius 3 is 2.36 bits per heavy atom. The molecule has 0 saturated heterocycles. The SMILES string of the molecule is CCCCNC(=O)[C@@H](Cc1ccccc1)N(Cc1cccc(OC)c1)C(=O)COc1ccc(Cl)cc1. The van der Waals surface area contributed by atoms with Crippen LogP contribution in [-0.2, 0) is 22.6 Å². The molecule has 1 atom stereocenters. The number of hydrogen-bond donors (Lipinski definition) is 1. The van der Waals surface area contributed by atoms with E-state index in [1.165, 1.54) is 0 Å². The number of ether oxygens (including phenoxy) is 2. The standard InChI is InChI=1S/C29H33ClN2O4/c1-3-4-17-31-29(34)27(19-22-9-6-5-7-10-22)32(20-23-11-8-12-26(18-23)35-2)28(33)21-36-25-15-13-24(30)14-16-25/h5-16,18,27H,3-4,17,19-21H2,1-2H3,(H,31,34)/t27-/m1/s1. The summed E-state index contributed by atoms with van der Waals surface area (Å²) in [5.74, 6) is 0.736. The van der Waals surface area contributed by atoms with Crippen LogP contribution in [0.15, 0.2) is 78.9 Å². The summed E-state index contributed by atoms with van der Waals surface area (Å²) in [6.07, 6.45) is 2.22. The second-order valence-corrected chi connectivity index (χ2v) is 8.90. The molecule has 0 bridgehead atoms. The lowest BCUT2D eigenvalue weighted by Crippen LogP contribution is -2.51. The fourth-order valence-corrected chi connectivity index (χ4v) is 3.91. The number of hydrogen-bond acceptors (Lipinski definition) is 4. The summed E-state index contributed by atoms with van der Waals surface area (Å²) < 4.78 is 11.1. The van der Waals surface area contributed by atoms with Crippen LogP contribution in [0.2, 0.25) is 5.02 Å². The van der Waals surface area contributed by atoms with Crippen molar-refractivity contribution in [3.8, 4) is 11.5 Å². The zero-order chi connectivity index (χ0) is 25.8. The first-order valence-electron chi connectivity index (χ1n) is 12.1. The van der Waals surface area contributed by atoms with Crippen LogP contribution in [0.1, 0.15) is 30.9 Å². The lowest BCUT2D eigenvalue weighted by atomic mass is 10.0. The Bertz CT molecular complexity index is 1110. The Morgan fingerprint density at radius 1 is 0.944 bits per heavy atom. The molecule has 0 unspecified atom stereocenters. The summed E-state index contributed by atoms with van der Waals surface area (Å²) in [6.45, 7) is 2.65. The van der Waals surface area contributed by atoms with Gasteiger partial charge in [-0.15, -0.1) is 0 Å². The molecule has 0 aliphatic carbocycles. The Hall–Kier alpha value is -3.51. The van der Waals surface area contributed by atoms with E-state index in [9.17, 15) is 9.59 Å². The van der Waals surface area contributed by atoms with Gasteiger partial charge in [-0.3, -0.25) is 9.59 Å². The van der Waals surface area contributed by atoms with E-state index in [4.69, 9.17) is 21.1 Å². The molecule has 3 aromatic rings. The van der Waals surface area contributed by atoms with E-state index >= 15 is 0 Å². The lowest BCUT2D eigenvalue weighted by molar-refractivity contribution is -0.142. The van der Waals surface area contributed by atoms with Crippen LogP contribution in [0.3, 0.4) is 0 Å². The van der Waals surface area contributed by atoms with Gasteiger partial charge in [0.15, 0.2) is 6.61 Å². The van der Waals surface area contributed by atoms with Gasteiger partial charge in [0.2, 0.25) is 5.91 Å². The van der Waals surface area contributed by atoms with Gasteiger partial charge in [-0.2, -0.15) is 0 Å². The van der Waals surface area contributed by atoms with Crippen molar-refractivity contribution in [2.75, 3.05) is 20.3 Å². The van der Waals surface area contributed by atoms with E-state index in [1.807, 2.05) is 54.6 Å². The summed E-state index contributed by atoms with van der Waals surface area (Å²) in [4.78, 5) is 28.6. The predicted octanol–water partition coefficient (Wildman–Crippen LogP) is 5.28. The molecule has 0 spiro atoms. The molecule has 2 amide bonds. The number of halogens is 1. The third kappa shape index (κ3) is 8.31. The summed E-state index contributed by atoms with van der Waals surface area (Å²) in [5, 5.41) is 3.60. The molecule has 3 aromatic carbocycles. The van der Waals surface area contributed by atoms with E-state index in [2.05, 4.69) is 12.2 Å². The molecule has 0 aliphatic heterocycles. The predicted molar refractivity (Wildman–Crippen MR) is 142 cm³/mol. The van der Waals surface area contributed by atoms with Crippen molar-refractivity contribution >= 4 is 23.4 Å². The van der Waals surface area contributed by atoms with Gasteiger partial charge >= 0.3 is 0 Å². The summed E-state index contributed by atoms with van der Waals surface area (Å²) >= 11 is 5.96. The summed E-state index contributed by atoms with van der Waals surface area (Å²) in [6, 6.07) is 23.3. The first-order valence-corrected chi connectivity index (χ1v) is 12.5. The third-order valence-electron chi connectivity index (χ3n) is 5.76. The number of benzene rings is 3. The maximum absolute atomic E-state index is 13.6. The van der Waals surface area contributed by atoms with Crippen molar-refractivity contribution in [1.82, 2.24) is 10.2 Å². The smallest absolute Gasteiger partial charge is 0.261 e. The Labute approximate surface area is 218 Å². The number of rotatable bonds is 13.